The Morgan fingerprint density at radius 2 is 2.20 bits per heavy atom. The SMILES string of the molecule is CCNC(=NCc1ccc(OC)c(Br)c1)NC1CC1.I. The van der Waals surface area contributed by atoms with Crippen molar-refractivity contribution in [2.75, 3.05) is 13.7 Å². The van der Waals surface area contributed by atoms with E-state index in [1.807, 2.05) is 18.2 Å². The highest BCUT2D eigenvalue weighted by Gasteiger charge is 2.21. The van der Waals surface area contributed by atoms with Crippen LogP contribution in [0.25, 0.3) is 0 Å². The molecule has 0 spiro atoms. The first-order valence-corrected chi connectivity index (χ1v) is 7.39. The minimum atomic E-state index is 0. The highest BCUT2D eigenvalue weighted by molar-refractivity contribution is 14.0. The van der Waals surface area contributed by atoms with Gasteiger partial charge in [-0.3, -0.25) is 0 Å². The molecule has 2 rings (SSSR count). The van der Waals surface area contributed by atoms with E-state index in [4.69, 9.17) is 4.74 Å². The zero-order valence-corrected chi connectivity index (χ0v) is 15.7. The number of ether oxygens (including phenoxy) is 1. The van der Waals surface area contributed by atoms with E-state index in [0.29, 0.717) is 12.6 Å². The van der Waals surface area contributed by atoms with Crippen molar-refractivity contribution in [3.8, 4) is 5.75 Å². The minimum absolute atomic E-state index is 0. The Balaban J connectivity index is 0.00000200. The molecule has 1 fully saturated rings. The number of benzene rings is 1. The highest BCUT2D eigenvalue weighted by Crippen LogP contribution is 2.25. The van der Waals surface area contributed by atoms with Crippen molar-refractivity contribution in [3.05, 3.63) is 28.2 Å². The number of halogens is 2. The van der Waals surface area contributed by atoms with Crippen LogP contribution in [0.5, 0.6) is 5.75 Å². The molecule has 0 radical (unpaired) electrons. The lowest BCUT2D eigenvalue weighted by Gasteiger charge is -2.10. The van der Waals surface area contributed by atoms with Crippen molar-refractivity contribution < 1.29 is 4.74 Å². The van der Waals surface area contributed by atoms with Crippen LogP contribution in [0.1, 0.15) is 25.3 Å². The molecule has 0 unspecified atom stereocenters. The number of hydrogen-bond donors (Lipinski definition) is 2. The van der Waals surface area contributed by atoms with Crippen LogP contribution in [0.4, 0.5) is 0 Å². The van der Waals surface area contributed by atoms with Crippen LogP contribution in [0.3, 0.4) is 0 Å². The molecule has 1 aromatic carbocycles. The first-order valence-electron chi connectivity index (χ1n) is 6.60. The fourth-order valence-corrected chi connectivity index (χ4v) is 2.31. The maximum Gasteiger partial charge on any atom is 0.191 e. The maximum absolute atomic E-state index is 5.22. The molecule has 0 atom stereocenters. The maximum atomic E-state index is 5.22. The summed E-state index contributed by atoms with van der Waals surface area (Å²) in [6.07, 6.45) is 2.50. The molecule has 1 saturated carbocycles. The largest absolute Gasteiger partial charge is 0.496 e. The second-order valence-electron chi connectivity index (χ2n) is 4.58. The number of rotatable bonds is 5. The Hall–Kier alpha value is -0.500. The number of nitrogens with one attached hydrogen (secondary N) is 2. The van der Waals surface area contributed by atoms with Crippen LogP contribution in [0, 0.1) is 0 Å². The molecule has 112 valence electrons. The van der Waals surface area contributed by atoms with Crippen LogP contribution in [-0.2, 0) is 6.54 Å². The van der Waals surface area contributed by atoms with Crippen LogP contribution in [0.2, 0.25) is 0 Å². The van der Waals surface area contributed by atoms with Gasteiger partial charge < -0.3 is 15.4 Å². The molecule has 6 heteroatoms. The molecule has 0 aliphatic heterocycles. The predicted octanol–water partition coefficient (Wildman–Crippen LogP) is 3.29. The molecule has 4 nitrogen and oxygen atoms in total. The van der Waals surface area contributed by atoms with Gasteiger partial charge in [-0.15, -0.1) is 24.0 Å². The smallest absolute Gasteiger partial charge is 0.191 e. The van der Waals surface area contributed by atoms with E-state index in [-0.39, 0.29) is 24.0 Å². The lowest BCUT2D eigenvalue weighted by Crippen LogP contribution is -2.38. The molecule has 20 heavy (non-hydrogen) atoms. The summed E-state index contributed by atoms with van der Waals surface area (Å²) in [7, 11) is 1.67. The van der Waals surface area contributed by atoms with E-state index in [1.54, 1.807) is 7.11 Å². The topological polar surface area (TPSA) is 45.7 Å². The average Bonchev–Trinajstić information content (AvgIpc) is 3.20. The summed E-state index contributed by atoms with van der Waals surface area (Å²) in [4.78, 5) is 4.59. The predicted molar refractivity (Wildman–Crippen MR) is 97.1 cm³/mol. The standard InChI is InChI=1S/C14H20BrN3O.HI/c1-3-16-14(18-11-5-6-11)17-9-10-4-7-13(19-2)12(15)8-10;/h4,7-8,11H,3,5-6,9H2,1-2H3,(H2,16,17,18);1H. The summed E-state index contributed by atoms with van der Waals surface area (Å²) in [6, 6.07) is 6.65. The first-order chi connectivity index (χ1) is 9.22. The van der Waals surface area contributed by atoms with E-state index < -0.39 is 0 Å². The van der Waals surface area contributed by atoms with Crippen molar-refractivity contribution in [1.29, 1.82) is 0 Å². The lowest BCUT2D eigenvalue weighted by molar-refractivity contribution is 0.412. The Morgan fingerprint density at radius 3 is 2.75 bits per heavy atom. The van der Waals surface area contributed by atoms with Gasteiger partial charge in [0.15, 0.2) is 5.96 Å². The molecule has 1 aliphatic carbocycles. The molecule has 0 heterocycles. The van der Waals surface area contributed by atoms with Crippen molar-refractivity contribution in [2.24, 2.45) is 4.99 Å². The zero-order valence-electron chi connectivity index (χ0n) is 11.8. The van der Waals surface area contributed by atoms with E-state index >= 15 is 0 Å². The average molecular weight is 454 g/mol. The number of hydrogen-bond acceptors (Lipinski definition) is 2. The lowest BCUT2D eigenvalue weighted by atomic mass is 10.2. The van der Waals surface area contributed by atoms with Crippen LogP contribution in [0.15, 0.2) is 27.7 Å². The molecule has 1 aromatic rings. The molecular formula is C14H21BrIN3O. The summed E-state index contributed by atoms with van der Waals surface area (Å²) < 4.78 is 6.18. The summed E-state index contributed by atoms with van der Waals surface area (Å²) in [5.74, 6) is 1.74. The van der Waals surface area contributed by atoms with E-state index in [1.165, 1.54) is 12.8 Å². The van der Waals surface area contributed by atoms with Gasteiger partial charge in [-0.2, -0.15) is 0 Å². The number of aliphatic imine (C=N–C) groups is 1. The fraction of sp³-hybridized carbons (Fsp3) is 0.500. The molecule has 0 aromatic heterocycles. The summed E-state index contributed by atoms with van der Waals surface area (Å²) >= 11 is 3.49. The van der Waals surface area contributed by atoms with E-state index in [2.05, 4.69) is 38.5 Å². The molecule has 0 bridgehead atoms. The van der Waals surface area contributed by atoms with Gasteiger partial charge in [-0.05, 0) is 53.4 Å². The summed E-state index contributed by atoms with van der Waals surface area (Å²) in [6.45, 7) is 3.61. The van der Waals surface area contributed by atoms with Gasteiger partial charge in [0, 0.05) is 12.6 Å². The minimum Gasteiger partial charge on any atom is -0.496 e. The van der Waals surface area contributed by atoms with E-state index in [9.17, 15) is 0 Å². The monoisotopic (exact) mass is 453 g/mol. The number of guanidine groups is 1. The van der Waals surface area contributed by atoms with Crippen LogP contribution in [-0.4, -0.2) is 25.7 Å². The Bertz CT molecular complexity index is 464. The number of nitrogens with zero attached hydrogens (tertiary/aromatic N) is 1. The van der Waals surface area contributed by atoms with Crippen LogP contribution < -0.4 is 15.4 Å². The Labute approximate surface area is 145 Å². The van der Waals surface area contributed by atoms with Gasteiger partial charge in [0.05, 0.1) is 18.1 Å². The first kappa shape index (κ1) is 17.6. The van der Waals surface area contributed by atoms with Crippen molar-refractivity contribution in [3.63, 3.8) is 0 Å². The van der Waals surface area contributed by atoms with Gasteiger partial charge in [-0.25, -0.2) is 4.99 Å². The van der Waals surface area contributed by atoms with Crippen molar-refractivity contribution >= 4 is 45.9 Å². The molecule has 2 N–H and O–H groups in total. The van der Waals surface area contributed by atoms with Gasteiger partial charge >= 0.3 is 0 Å². The molecule has 1 aliphatic rings. The fourth-order valence-electron chi connectivity index (χ4n) is 1.72. The van der Waals surface area contributed by atoms with Crippen molar-refractivity contribution in [1.82, 2.24) is 10.6 Å². The Morgan fingerprint density at radius 1 is 1.45 bits per heavy atom. The quantitative estimate of drug-likeness (QED) is 0.408. The molecule has 0 saturated heterocycles. The van der Waals surface area contributed by atoms with Gasteiger partial charge in [-0.1, -0.05) is 6.07 Å². The van der Waals surface area contributed by atoms with Crippen molar-refractivity contribution in [2.45, 2.75) is 32.4 Å². The van der Waals surface area contributed by atoms with E-state index in [0.717, 1.165) is 28.3 Å². The summed E-state index contributed by atoms with van der Waals surface area (Å²) in [5, 5.41) is 6.67. The normalized spacial score (nSPS) is 14.4. The highest BCUT2D eigenvalue weighted by atomic mass is 127. The summed E-state index contributed by atoms with van der Waals surface area (Å²) in [5.41, 5.74) is 1.15. The zero-order chi connectivity index (χ0) is 13.7. The Kier molecular flexibility index (Phi) is 7.65. The third-order valence-electron chi connectivity index (χ3n) is 2.90. The molecule has 0 amide bonds. The number of methoxy groups -OCH3 is 1. The second kappa shape index (κ2) is 8.71. The third-order valence-corrected chi connectivity index (χ3v) is 3.52. The van der Waals surface area contributed by atoms with Crippen LogP contribution >= 0.6 is 39.9 Å². The second-order valence-corrected chi connectivity index (χ2v) is 5.44. The third kappa shape index (κ3) is 5.47. The van der Waals surface area contributed by atoms with Gasteiger partial charge in [0.2, 0.25) is 0 Å². The van der Waals surface area contributed by atoms with Gasteiger partial charge in [0.25, 0.3) is 0 Å². The van der Waals surface area contributed by atoms with Gasteiger partial charge in [0.1, 0.15) is 5.75 Å². The molecular weight excluding hydrogens is 433 g/mol.